The molecule has 0 aromatic rings. The van der Waals surface area contributed by atoms with Crippen molar-refractivity contribution < 1.29 is 23.1 Å². The van der Waals surface area contributed by atoms with E-state index in [4.69, 9.17) is 5.11 Å². The average Bonchev–Trinajstić information content (AvgIpc) is 1.82. The molecule has 0 aromatic heterocycles. The first kappa shape index (κ1) is 10.9. The summed E-state index contributed by atoms with van der Waals surface area (Å²) in [6.07, 6.45) is 0. The van der Waals surface area contributed by atoms with E-state index >= 15 is 0 Å². The molecule has 1 atom stereocenters. The maximum atomic E-state index is 10.9. The van der Waals surface area contributed by atoms with Crippen molar-refractivity contribution >= 4 is 21.7 Å². The normalized spacial score (nSPS) is 13.8. The number of carbonyl (C=O) groups excluding carboxylic acids is 1. The maximum Gasteiger partial charge on any atom is 0.318 e. The topological polar surface area (TPSA) is 115 Å². The first-order valence-corrected chi connectivity index (χ1v) is 4.71. The van der Waals surface area contributed by atoms with Crippen molar-refractivity contribution in [3.63, 3.8) is 0 Å². The lowest BCUT2D eigenvalue weighted by Crippen LogP contribution is -2.36. The fourth-order valence-corrected chi connectivity index (χ4v) is 1.42. The van der Waals surface area contributed by atoms with Crippen LogP contribution in [0.1, 0.15) is 6.92 Å². The molecule has 0 rings (SSSR count). The molecule has 1 unspecified atom stereocenters. The molecular formula is C5H9NO5S. The fraction of sp³-hybridized carbons (Fsp3) is 0.600. The van der Waals surface area contributed by atoms with Crippen LogP contribution < -0.4 is 5.73 Å². The average molecular weight is 195 g/mol. The number of amides is 1. The van der Waals surface area contributed by atoms with E-state index in [2.05, 4.69) is 5.73 Å². The van der Waals surface area contributed by atoms with Gasteiger partial charge < -0.3 is 10.8 Å². The van der Waals surface area contributed by atoms with Gasteiger partial charge in [-0.05, 0) is 6.92 Å². The highest BCUT2D eigenvalue weighted by Gasteiger charge is 2.28. The Bertz CT molecular complexity index is 293. The summed E-state index contributed by atoms with van der Waals surface area (Å²) < 4.78 is 21.8. The molecule has 6 nitrogen and oxygen atoms in total. The van der Waals surface area contributed by atoms with E-state index in [1.165, 1.54) is 0 Å². The Morgan fingerprint density at radius 3 is 2.17 bits per heavy atom. The second kappa shape index (κ2) is 3.53. The summed E-state index contributed by atoms with van der Waals surface area (Å²) >= 11 is 0. The molecule has 0 saturated carbocycles. The summed E-state index contributed by atoms with van der Waals surface area (Å²) in [5, 5.41) is 6.70. The Morgan fingerprint density at radius 2 is 1.92 bits per heavy atom. The lowest BCUT2D eigenvalue weighted by Gasteiger charge is -2.05. The van der Waals surface area contributed by atoms with Gasteiger partial charge in [0.05, 0.1) is 0 Å². The molecule has 0 aliphatic rings. The van der Waals surface area contributed by atoms with Gasteiger partial charge in [-0.15, -0.1) is 0 Å². The number of carbonyl (C=O) groups is 2. The Labute approximate surface area is 69.3 Å². The smallest absolute Gasteiger partial charge is 0.318 e. The number of hydrogen-bond acceptors (Lipinski definition) is 4. The third kappa shape index (κ3) is 2.87. The molecule has 12 heavy (non-hydrogen) atoms. The van der Waals surface area contributed by atoms with E-state index in [0.29, 0.717) is 0 Å². The summed E-state index contributed by atoms with van der Waals surface area (Å²) in [5.41, 5.74) is 4.69. The molecule has 70 valence electrons. The van der Waals surface area contributed by atoms with E-state index in [9.17, 15) is 18.0 Å². The van der Waals surface area contributed by atoms with Crippen LogP contribution in [0.5, 0.6) is 0 Å². The summed E-state index contributed by atoms with van der Waals surface area (Å²) in [6, 6.07) is 0. The third-order valence-corrected chi connectivity index (χ3v) is 3.22. The number of carboxylic acids is 1. The molecule has 7 heteroatoms. The fourth-order valence-electron chi connectivity index (χ4n) is 0.474. The van der Waals surface area contributed by atoms with Gasteiger partial charge in [-0.25, -0.2) is 8.42 Å². The van der Waals surface area contributed by atoms with Crippen molar-refractivity contribution in [3.05, 3.63) is 0 Å². The standard InChI is InChI=1S/C5H9NO5S/c1-3(5(6)9)12(10,11)2-4(7)8/h3H,2H2,1H3,(H2,6,9)(H,7,8). The van der Waals surface area contributed by atoms with Crippen LogP contribution in [0, 0.1) is 0 Å². The van der Waals surface area contributed by atoms with E-state index in [-0.39, 0.29) is 0 Å². The van der Waals surface area contributed by atoms with Crippen LogP contribution in [0.3, 0.4) is 0 Å². The van der Waals surface area contributed by atoms with Gasteiger partial charge in [0.15, 0.2) is 9.84 Å². The van der Waals surface area contributed by atoms with Crippen LogP contribution in [0.15, 0.2) is 0 Å². The highest BCUT2D eigenvalue weighted by Crippen LogP contribution is 2.00. The Balaban J connectivity index is 4.63. The summed E-state index contributed by atoms with van der Waals surface area (Å²) in [5.74, 6) is -3.61. The van der Waals surface area contributed by atoms with Gasteiger partial charge in [0.2, 0.25) is 5.91 Å². The number of rotatable bonds is 4. The zero-order valence-corrected chi connectivity index (χ0v) is 7.17. The number of aliphatic carboxylic acids is 1. The van der Waals surface area contributed by atoms with Gasteiger partial charge in [0.1, 0.15) is 11.0 Å². The Hall–Kier alpha value is -1.11. The summed E-state index contributed by atoms with van der Waals surface area (Å²) in [7, 11) is -3.93. The molecule has 0 spiro atoms. The first-order valence-electron chi connectivity index (χ1n) is 3.00. The largest absolute Gasteiger partial charge is 0.480 e. The van der Waals surface area contributed by atoms with Crippen molar-refractivity contribution in [2.45, 2.75) is 12.2 Å². The number of nitrogens with two attached hydrogens (primary N) is 1. The quantitative estimate of drug-likeness (QED) is 0.558. The van der Waals surface area contributed by atoms with Crippen LogP contribution in [0.4, 0.5) is 0 Å². The van der Waals surface area contributed by atoms with Gasteiger partial charge in [-0.2, -0.15) is 0 Å². The van der Waals surface area contributed by atoms with E-state index in [1.807, 2.05) is 0 Å². The molecule has 0 fully saturated rings. The van der Waals surface area contributed by atoms with Gasteiger partial charge in [-0.3, -0.25) is 9.59 Å². The monoisotopic (exact) mass is 195 g/mol. The predicted octanol–water partition coefficient (Wildman–Crippen LogP) is -1.64. The van der Waals surface area contributed by atoms with Crippen molar-refractivity contribution in [3.8, 4) is 0 Å². The van der Waals surface area contributed by atoms with Gasteiger partial charge >= 0.3 is 5.97 Å². The lowest BCUT2D eigenvalue weighted by molar-refractivity contribution is -0.134. The van der Waals surface area contributed by atoms with Crippen LogP contribution >= 0.6 is 0 Å². The molecule has 0 heterocycles. The summed E-state index contributed by atoms with van der Waals surface area (Å²) in [4.78, 5) is 20.4. The molecular weight excluding hydrogens is 186 g/mol. The van der Waals surface area contributed by atoms with Crippen molar-refractivity contribution in [2.75, 3.05) is 5.75 Å². The van der Waals surface area contributed by atoms with Crippen LogP contribution in [-0.4, -0.2) is 36.4 Å². The molecule has 0 bridgehead atoms. The second-order valence-electron chi connectivity index (χ2n) is 2.25. The molecule has 0 aliphatic carbocycles. The number of sulfone groups is 1. The lowest BCUT2D eigenvalue weighted by atomic mass is 10.5. The minimum atomic E-state index is -3.93. The minimum absolute atomic E-state index is 1.05. The zero-order valence-electron chi connectivity index (χ0n) is 6.35. The predicted molar refractivity (Wildman–Crippen MR) is 40.1 cm³/mol. The van der Waals surface area contributed by atoms with Gasteiger partial charge in [0.25, 0.3) is 0 Å². The molecule has 1 amide bonds. The van der Waals surface area contributed by atoms with Crippen LogP contribution in [-0.2, 0) is 19.4 Å². The van der Waals surface area contributed by atoms with E-state index in [1.54, 1.807) is 0 Å². The van der Waals surface area contributed by atoms with Crippen molar-refractivity contribution in [1.29, 1.82) is 0 Å². The molecule has 0 aliphatic heterocycles. The van der Waals surface area contributed by atoms with Crippen LogP contribution in [0.2, 0.25) is 0 Å². The highest BCUT2D eigenvalue weighted by atomic mass is 32.2. The first-order chi connectivity index (χ1) is 5.27. The molecule has 0 saturated heterocycles. The zero-order chi connectivity index (χ0) is 9.94. The molecule has 3 N–H and O–H groups in total. The number of primary amides is 1. The van der Waals surface area contributed by atoms with Gasteiger partial charge in [-0.1, -0.05) is 0 Å². The SMILES string of the molecule is CC(C(N)=O)S(=O)(=O)CC(=O)O. The second-order valence-corrected chi connectivity index (χ2v) is 4.57. The molecule has 0 radical (unpaired) electrons. The van der Waals surface area contributed by atoms with Crippen LogP contribution in [0.25, 0.3) is 0 Å². The molecule has 0 aromatic carbocycles. The van der Waals surface area contributed by atoms with Crippen molar-refractivity contribution in [1.82, 2.24) is 0 Å². The van der Waals surface area contributed by atoms with E-state index < -0.39 is 32.7 Å². The Morgan fingerprint density at radius 1 is 1.50 bits per heavy atom. The highest BCUT2D eigenvalue weighted by molar-refractivity contribution is 7.93. The minimum Gasteiger partial charge on any atom is -0.480 e. The van der Waals surface area contributed by atoms with Gasteiger partial charge in [0, 0.05) is 0 Å². The Kier molecular flexibility index (Phi) is 3.20. The summed E-state index contributed by atoms with van der Waals surface area (Å²) in [6.45, 7) is 1.06. The maximum absolute atomic E-state index is 10.9. The third-order valence-electron chi connectivity index (χ3n) is 1.26. The van der Waals surface area contributed by atoms with Crippen molar-refractivity contribution in [2.24, 2.45) is 5.73 Å². The van der Waals surface area contributed by atoms with E-state index in [0.717, 1.165) is 6.92 Å². The number of carboxylic acid groups (broad SMARTS) is 1. The number of hydrogen-bond donors (Lipinski definition) is 2.